The Kier molecular flexibility index (Phi) is 5.52. The molecule has 0 spiro atoms. The highest BCUT2D eigenvalue weighted by molar-refractivity contribution is 7.18. The SMILES string of the molecule is FC(F)(F)c1ccc([C@@H]2CCN[C@@H]2CNc2nnc(-c3ccc4cnccc4c3)s2)cc1. The largest absolute Gasteiger partial charge is 0.416 e. The molecule has 2 aromatic heterocycles. The van der Waals surface area contributed by atoms with Crippen LogP contribution >= 0.6 is 11.3 Å². The van der Waals surface area contributed by atoms with Gasteiger partial charge in [0.25, 0.3) is 0 Å². The number of hydrogen-bond donors (Lipinski definition) is 2. The molecule has 0 radical (unpaired) electrons. The van der Waals surface area contributed by atoms with Crippen LogP contribution in [-0.4, -0.2) is 34.3 Å². The lowest BCUT2D eigenvalue weighted by atomic mass is 9.91. The Bertz CT molecular complexity index is 1220. The molecular weight excluding hydrogens is 435 g/mol. The Hall–Kier alpha value is -3.04. The molecule has 0 bridgehead atoms. The van der Waals surface area contributed by atoms with Gasteiger partial charge in [-0.05, 0) is 48.2 Å². The number of nitrogens with zero attached hydrogens (tertiary/aromatic N) is 3. The second-order valence-corrected chi connectivity index (χ2v) is 8.78. The van der Waals surface area contributed by atoms with E-state index in [0.717, 1.165) is 57.1 Å². The van der Waals surface area contributed by atoms with E-state index in [9.17, 15) is 13.2 Å². The molecule has 1 aliphatic rings. The maximum atomic E-state index is 12.8. The molecule has 2 N–H and O–H groups in total. The number of hydrogen-bond acceptors (Lipinski definition) is 6. The number of alkyl halides is 3. The minimum absolute atomic E-state index is 0.104. The molecular formula is C23H20F3N5S. The van der Waals surface area contributed by atoms with Crippen LogP contribution in [-0.2, 0) is 6.18 Å². The molecule has 32 heavy (non-hydrogen) atoms. The number of nitrogens with one attached hydrogen (secondary N) is 2. The summed E-state index contributed by atoms with van der Waals surface area (Å²) in [6.45, 7) is 1.44. The molecule has 0 saturated carbocycles. The quantitative estimate of drug-likeness (QED) is 0.426. The smallest absolute Gasteiger partial charge is 0.358 e. The Morgan fingerprint density at radius 2 is 1.88 bits per heavy atom. The second-order valence-electron chi connectivity index (χ2n) is 7.81. The van der Waals surface area contributed by atoms with Crippen LogP contribution in [0.25, 0.3) is 21.3 Å². The zero-order valence-corrected chi connectivity index (χ0v) is 17.7. The van der Waals surface area contributed by atoms with Crippen LogP contribution in [0.3, 0.4) is 0 Å². The van der Waals surface area contributed by atoms with Crippen molar-refractivity contribution in [2.24, 2.45) is 0 Å². The third-order valence-corrected chi connectivity index (χ3v) is 6.73. The van der Waals surface area contributed by atoms with Gasteiger partial charge in [0.1, 0.15) is 5.01 Å². The van der Waals surface area contributed by atoms with E-state index >= 15 is 0 Å². The molecule has 5 rings (SSSR count). The normalized spacial score (nSPS) is 18.8. The predicted octanol–water partition coefficient (Wildman–Crippen LogP) is 5.33. The summed E-state index contributed by atoms with van der Waals surface area (Å²) in [6.07, 6.45) is 0.157. The van der Waals surface area contributed by atoms with Gasteiger partial charge < -0.3 is 10.6 Å². The monoisotopic (exact) mass is 455 g/mol. The van der Waals surface area contributed by atoms with Gasteiger partial charge in [-0.3, -0.25) is 4.98 Å². The number of anilines is 1. The van der Waals surface area contributed by atoms with Crippen LogP contribution in [0.4, 0.5) is 18.3 Å². The Morgan fingerprint density at radius 3 is 2.69 bits per heavy atom. The third kappa shape index (κ3) is 4.31. The van der Waals surface area contributed by atoms with Crippen LogP contribution < -0.4 is 10.6 Å². The number of halogens is 3. The summed E-state index contributed by atoms with van der Waals surface area (Å²) in [5.41, 5.74) is 1.29. The van der Waals surface area contributed by atoms with E-state index in [-0.39, 0.29) is 12.0 Å². The van der Waals surface area contributed by atoms with Gasteiger partial charge in [-0.2, -0.15) is 13.2 Å². The van der Waals surface area contributed by atoms with Gasteiger partial charge in [-0.15, -0.1) is 10.2 Å². The van der Waals surface area contributed by atoms with Crippen molar-refractivity contribution in [2.75, 3.05) is 18.4 Å². The number of pyridine rings is 1. The molecule has 9 heteroatoms. The molecule has 0 unspecified atom stereocenters. The van der Waals surface area contributed by atoms with Crippen molar-refractivity contribution < 1.29 is 13.2 Å². The topological polar surface area (TPSA) is 62.7 Å². The van der Waals surface area contributed by atoms with E-state index < -0.39 is 11.7 Å². The van der Waals surface area contributed by atoms with E-state index in [2.05, 4.69) is 31.9 Å². The summed E-state index contributed by atoms with van der Waals surface area (Å²) in [4.78, 5) is 4.13. The summed E-state index contributed by atoms with van der Waals surface area (Å²) < 4.78 is 38.5. The lowest BCUT2D eigenvalue weighted by Gasteiger charge is -2.20. The molecule has 1 saturated heterocycles. The molecule has 2 atom stereocenters. The minimum atomic E-state index is -4.31. The van der Waals surface area contributed by atoms with E-state index in [4.69, 9.17) is 0 Å². The van der Waals surface area contributed by atoms with E-state index in [1.807, 2.05) is 24.4 Å². The average Bonchev–Trinajstić information content (AvgIpc) is 3.46. The van der Waals surface area contributed by atoms with Gasteiger partial charge in [-0.1, -0.05) is 35.6 Å². The third-order valence-electron chi connectivity index (χ3n) is 5.80. The van der Waals surface area contributed by atoms with Crippen LogP contribution in [0.2, 0.25) is 0 Å². The van der Waals surface area contributed by atoms with Crippen molar-refractivity contribution in [2.45, 2.75) is 24.6 Å². The number of rotatable bonds is 5. The molecule has 2 aromatic carbocycles. The molecule has 1 aliphatic heterocycles. The highest BCUT2D eigenvalue weighted by atomic mass is 32.1. The lowest BCUT2D eigenvalue weighted by Crippen LogP contribution is -2.33. The van der Waals surface area contributed by atoms with Crippen molar-refractivity contribution in [1.29, 1.82) is 0 Å². The van der Waals surface area contributed by atoms with Crippen LogP contribution in [0.15, 0.2) is 60.9 Å². The fourth-order valence-electron chi connectivity index (χ4n) is 4.13. The standard InChI is InChI=1S/C23H20F3N5S/c24-23(25,26)18-5-3-14(4-6-18)19-8-10-28-20(19)13-29-22-31-30-21(32-22)16-1-2-17-12-27-9-7-15(17)11-16/h1-7,9,11-12,19-20,28H,8,10,13H2,(H,29,31)/t19-,20+/m0/s1. The molecule has 0 amide bonds. The van der Waals surface area contributed by atoms with Crippen molar-refractivity contribution in [3.8, 4) is 10.6 Å². The van der Waals surface area contributed by atoms with Gasteiger partial charge >= 0.3 is 6.18 Å². The zero-order chi connectivity index (χ0) is 22.1. The summed E-state index contributed by atoms with van der Waals surface area (Å²) in [5, 5.41) is 19.1. The van der Waals surface area contributed by atoms with Crippen LogP contribution in [0.5, 0.6) is 0 Å². The van der Waals surface area contributed by atoms with Crippen molar-refractivity contribution in [3.63, 3.8) is 0 Å². The Labute approximate surface area is 186 Å². The number of aromatic nitrogens is 3. The molecule has 0 aliphatic carbocycles. The highest BCUT2D eigenvalue weighted by Crippen LogP contribution is 2.33. The van der Waals surface area contributed by atoms with E-state index in [1.54, 1.807) is 18.3 Å². The Morgan fingerprint density at radius 1 is 1.03 bits per heavy atom. The van der Waals surface area contributed by atoms with Gasteiger partial charge in [0.2, 0.25) is 5.13 Å². The summed E-state index contributed by atoms with van der Waals surface area (Å²) >= 11 is 1.48. The predicted molar refractivity (Wildman–Crippen MR) is 120 cm³/mol. The fourth-order valence-corrected chi connectivity index (χ4v) is 4.87. The molecule has 164 valence electrons. The molecule has 3 heterocycles. The first-order chi connectivity index (χ1) is 15.5. The first kappa shape index (κ1) is 20.8. The van der Waals surface area contributed by atoms with Gasteiger partial charge in [0.05, 0.1) is 5.56 Å². The fraction of sp³-hybridized carbons (Fsp3) is 0.261. The summed E-state index contributed by atoms with van der Waals surface area (Å²) in [7, 11) is 0. The summed E-state index contributed by atoms with van der Waals surface area (Å²) in [5.74, 6) is 0.145. The van der Waals surface area contributed by atoms with Crippen LogP contribution in [0.1, 0.15) is 23.5 Å². The first-order valence-electron chi connectivity index (χ1n) is 10.3. The van der Waals surface area contributed by atoms with Gasteiger partial charge in [-0.25, -0.2) is 0 Å². The first-order valence-corrected chi connectivity index (χ1v) is 11.1. The number of fused-ring (bicyclic) bond motifs is 1. The second kappa shape index (κ2) is 8.48. The molecule has 1 fully saturated rings. The van der Waals surface area contributed by atoms with Crippen molar-refractivity contribution in [3.05, 3.63) is 72.1 Å². The van der Waals surface area contributed by atoms with E-state index in [0.29, 0.717) is 6.54 Å². The lowest BCUT2D eigenvalue weighted by molar-refractivity contribution is -0.137. The molecule has 5 nitrogen and oxygen atoms in total. The summed E-state index contributed by atoms with van der Waals surface area (Å²) in [6, 6.07) is 13.7. The molecule has 4 aromatic rings. The van der Waals surface area contributed by atoms with Crippen molar-refractivity contribution in [1.82, 2.24) is 20.5 Å². The minimum Gasteiger partial charge on any atom is -0.358 e. The maximum Gasteiger partial charge on any atom is 0.416 e. The highest BCUT2D eigenvalue weighted by Gasteiger charge is 2.32. The average molecular weight is 456 g/mol. The van der Waals surface area contributed by atoms with Crippen molar-refractivity contribution >= 4 is 27.2 Å². The van der Waals surface area contributed by atoms with E-state index in [1.165, 1.54) is 11.3 Å². The van der Waals surface area contributed by atoms with Crippen LogP contribution in [0, 0.1) is 0 Å². The zero-order valence-electron chi connectivity index (χ0n) is 16.9. The van der Waals surface area contributed by atoms with Gasteiger partial charge in [0.15, 0.2) is 0 Å². The Balaban J connectivity index is 1.26. The number of benzene rings is 2. The maximum absolute atomic E-state index is 12.8. The van der Waals surface area contributed by atoms with Gasteiger partial charge in [0, 0.05) is 41.8 Å².